The van der Waals surface area contributed by atoms with Crippen LogP contribution in [0, 0.1) is 20.8 Å². The fraction of sp³-hybridized carbons (Fsp3) is 0.316. The average Bonchev–Trinajstić information content (AvgIpc) is 2.95. The van der Waals surface area contributed by atoms with Crippen LogP contribution in [0.1, 0.15) is 32.3 Å². The minimum absolute atomic E-state index is 0.132. The highest BCUT2D eigenvalue weighted by molar-refractivity contribution is 7.20. The molecule has 0 aliphatic carbocycles. The van der Waals surface area contributed by atoms with Crippen LogP contribution in [0.2, 0.25) is 0 Å². The average molecular weight is 371 g/mol. The molecule has 0 saturated carbocycles. The molecule has 0 saturated heterocycles. The SMILES string of the molecule is COc1cccc(CNC(=O)c2sc3nc(C)nc(C)c3c2C)c1OC. The molecule has 1 aromatic carbocycles. The number of hydrogen-bond donors (Lipinski definition) is 1. The van der Waals surface area contributed by atoms with Gasteiger partial charge in [0.15, 0.2) is 11.5 Å². The van der Waals surface area contributed by atoms with Crippen LogP contribution in [0.5, 0.6) is 11.5 Å². The molecule has 0 atom stereocenters. The Morgan fingerprint density at radius 1 is 1.15 bits per heavy atom. The second kappa shape index (κ2) is 7.29. The van der Waals surface area contributed by atoms with E-state index in [9.17, 15) is 4.79 Å². The Kier molecular flexibility index (Phi) is 5.08. The molecule has 1 amide bonds. The van der Waals surface area contributed by atoms with Gasteiger partial charge in [-0.05, 0) is 32.4 Å². The van der Waals surface area contributed by atoms with Gasteiger partial charge in [-0.2, -0.15) is 0 Å². The predicted molar refractivity (Wildman–Crippen MR) is 102 cm³/mol. The third-order valence-electron chi connectivity index (χ3n) is 4.21. The molecular weight excluding hydrogens is 350 g/mol. The van der Waals surface area contributed by atoms with Gasteiger partial charge < -0.3 is 14.8 Å². The molecule has 3 aromatic rings. The van der Waals surface area contributed by atoms with Crippen molar-refractivity contribution in [3.05, 3.63) is 45.7 Å². The summed E-state index contributed by atoms with van der Waals surface area (Å²) in [5.74, 6) is 1.84. The molecule has 0 aliphatic heterocycles. The minimum atomic E-state index is -0.132. The number of aromatic nitrogens is 2. The molecule has 1 N–H and O–H groups in total. The van der Waals surface area contributed by atoms with Crippen LogP contribution in [0.3, 0.4) is 0 Å². The molecule has 2 aromatic heterocycles. The van der Waals surface area contributed by atoms with Crippen LogP contribution in [-0.4, -0.2) is 30.1 Å². The molecular formula is C19H21N3O3S. The lowest BCUT2D eigenvalue weighted by Crippen LogP contribution is -2.22. The standard InChI is InChI=1S/C19H21N3O3S/c1-10-15-11(2)21-12(3)22-19(15)26-17(10)18(23)20-9-13-7-6-8-14(24-4)16(13)25-5/h6-8H,9H2,1-5H3,(H,20,23). The Bertz CT molecular complexity index is 982. The minimum Gasteiger partial charge on any atom is -0.493 e. The fourth-order valence-electron chi connectivity index (χ4n) is 3.04. The van der Waals surface area contributed by atoms with Crippen molar-refractivity contribution in [2.45, 2.75) is 27.3 Å². The van der Waals surface area contributed by atoms with Crippen LogP contribution in [0.4, 0.5) is 0 Å². The van der Waals surface area contributed by atoms with Gasteiger partial charge in [-0.1, -0.05) is 12.1 Å². The van der Waals surface area contributed by atoms with Gasteiger partial charge in [-0.15, -0.1) is 11.3 Å². The molecule has 0 radical (unpaired) electrons. The summed E-state index contributed by atoms with van der Waals surface area (Å²) in [7, 11) is 3.18. The summed E-state index contributed by atoms with van der Waals surface area (Å²) < 4.78 is 10.7. The second-order valence-corrected chi connectivity index (χ2v) is 6.93. The quantitative estimate of drug-likeness (QED) is 0.742. The van der Waals surface area contributed by atoms with Gasteiger partial charge in [0, 0.05) is 23.2 Å². The fourth-order valence-corrected chi connectivity index (χ4v) is 4.23. The maximum absolute atomic E-state index is 12.7. The summed E-state index contributed by atoms with van der Waals surface area (Å²) in [6.45, 7) is 6.08. The summed E-state index contributed by atoms with van der Waals surface area (Å²) in [5, 5.41) is 3.93. The number of carbonyl (C=O) groups is 1. The van der Waals surface area contributed by atoms with E-state index in [4.69, 9.17) is 9.47 Å². The molecule has 0 bridgehead atoms. The summed E-state index contributed by atoms with van der Waals surface area (Å²) in [5.41, 5.74) is 2.66. The van der Waals surface area contributed by atoms with Gasteiger partial charge in [0.2, 0.25) is 0 Å². The van der Waals surface area contributed by atoms with Crippen molar-refractivity contribution < 1.29 is 14.3 Å². The van der Waals surface area contributed by atoms with Crippen molar-refractivity contribution in [3.63, 3.8) is 0 Å². The Morgan fingerprint density at radius 3 is 2.62 bits per heavy atom. The van der Waals surface area contributed by atoms with Gasteiger partial charge in [0.05, 0.1) is 19.1 Å². The van der Waals surface area contributed by atoms with Gasteiger partial charge in [-0.3, -0.25) is 4.79 Å². The largest absolute Gasteiger partial charge is 0.493 e. The first kappa shape index (κ1) is 18.1. The number of benzene rings is 1. The number of carbonyl (C=O) groups excluding carboxylic acids is 1. The van der Waals surface area contributed by atoms with Gasteiger partial charge in [0.25, 0.3) is 5.91 Å². The Hall–Kier alpha value is -2.67. The Morgan fingerprint density at radius 2 is 1.92 bits per heavy atom. The van der Waals surface area contributed by atoms with E-state index in [2.05, 4.69) is 15.3 Å². The number of amides is 1. The number of nitrogens with one attached hydrogen (secondary N) is 1. The van der Waals surface area contributed by atoms with Crippen molar-refractivity contribution in [1.29, 1.82) is 0 Å². The van der Waals surface area contributed by atoms with E-state index in [1.807, 2.05) is 39.0 Å². The first-order chi connectivity index (χ1) is 12.5. The van der Waals surface area contributed by atoms with E-state index in [0.717, 1.165) is 27.0 Å². The van der Waals surface area contributed by atoms with Gasteiger partial charge in [-0.25, -0.2) is 9.97 Å². The predicted octanol–water partition coefficient (Wildman–Crippen LogP) is 3.56. The first-order valence-electron chi connectivity index (χ1n) is 8.18. The Labute approximate surface area is 156 Å². The first-order valence-corrected chi connectivity index (χ1v) is 9.00. The van der Waals surface area contributed by atoms with Crippen molar-refractivity contribution in [2.75, 3.05) is 14.2 Å². The zero-order chi connectivity index (χ0) is 18.8. The maximum Gasteiger partial charge on any atom is 0.261 e. The van der Waals surface area contributed by atoms with E-state index in [-0.39, 0.29) is 5.91 Å². The lowest BCUT2D eigenvalue weighted by atomic mass is 10.1. The molecule has 2 heterocycles. The highest BCUT2D eigenvalue weighted by Gasteiger charge is 2.19. The van der Waals surface area contributed by atoms with Crippen LogP contribution in [0.25, 0.3) is 10.2 Å². The normalized spacial score (nSPS) is 10.8. The highest BCUT2D eigenvalue weighted by Crippen LogP contribution is 2.32. The summed E-state index contributed by atoms with van der Waals surface area (Å²) >= 11 is 1.39. The number of thiophene rings is 1. The van der Waals surface area contributed by atoms with Crippen LogP contribution in [0.15, 0.2) is 18.2 Å². The molecule has 26 heavy (non-hydrogen) atoms. The monoisotopic (exact) mass is 371 g/mol. The smallest absolute Gasteiger partial charge is 0.261 e. The molecule has 0 fully saturated rings. The van der Waals surface area contributed by atoms with Crippen molar-refractivity contribution in [3.8, 4) is 11.5 Å². The molecule has 6 nitrogen and oxygen atoms in total. The molecule has 0 spiro atoms. The zero-order valence-electron chi connectivity index (χ0n) is 15.5. The van der Waals surface area contributed by atoms with Crippen LogP contribution >= 0.6 is 11.3 Å². The third kappa shape index (κ3) is 3.22. The molecule has 3 rings (SSSR count). The highest BCUT2D eigenvalue weighted by atomic mass is 32.1. The Balaban J connectivity index is 1.87. The number of hydrogen-bond acceptors (Lipinski definition) is 6. The maximum atomic E-state index is 12.7. The molecule has 0 unspecified atom stereocenters. The summed E-state index contributed by atoms with van der Waals surface area (Å²) in [4.78, 5) is 23.1. The number of nitrogens with zero attached hydrogens (tertiary/aromatic N) is 2. The topological polar surface area (TPSA) is 73.3 Å². The van der Waals surface area contributed by atoms with Crippen LogP contribution in [-0.2, 0) is 6.54 Å². The molecule has 136 valence electrons. The van der Waals surface area contributed by atoms with Crippen LogP contribution < -0.4 is 14.8 Å². The third-order valence-corrected chi connectivity index (χ3v) is 5.40. The number of rotatable bonds is 5. The van der Waals surface area contributed by atoms with E-state index in [1.54, 1.807) is 14.2 Å². The zero-order valence-corrected chi connectivity index (χ0v) is 16.3. The molecule has 0 aliphatic rings. The van der Waals surface area contributed by atoms with E-state index in [1.165, 1.54) is 11.3 Å². The number of ether oxygens (including phenoxy) is 2. The van der Waals surface area contributed by atoms with Crippen molar-refractivity contribution >= 4 is 27.5 Å². The van der Waals surface area contributed by atoms with Gasteiger partial charge >= 0.3 is 0 Å². The number of fused-ring (bicyclic) bond motifs is 1. The van der Waals surface area contributed by atoms with E-state index >= 15 is 0 Å². The summed E-state index contributed by atoms with van der Waals surface area (Å²) in [6.07, 6.45) is 0. The number of para-hydroxylation sites is 1. The van der Waals surface area contributed by atoms with Gasteiger partial charge in [0.1, 0.15) is 10.7 Å². The van der Waals surface area contributed by atoms with Crippen molar-refractivity contribution in [1.82, 2.24) is 15.3 Å². The van der Waals surface area contributed by atoms with Crippen molar-refractivity contribution in [2.24, 2.45) is 0 Å². The lowest BCUT2D eigenvalue weighted by molar-refractivity contribution is 0.0954. The number of aryl methyl sites for hydroxylation is 3. The van der Waals surface area contributed by atoms with E-state index in [0.29, 0.717) is 28.7 Å². The lowest BCUT2D eigenvalue weighted by Gasteiger charge is -2.13. The summed E-state index contributed by atoms with van der Waals surface area (Å²) in [6, 6.07) is 5.59. The van der Waals surface area contributed by atoms with E-state index < -0.39 is 0 Å². The number of methoxy groups -OCH3 is 2. The second-order valence-electron chi connectivity index (χ2n) is 5.93. The molecule has 7 heteroatoms.